The minimum absolute atomic E-state index is 0. The third-order valence-electron chi connectivity index (χ3n) is 11.5. The van der Waals surface area contributed by atoms with Crippen molar-refractivity contribution in [2.75, 3.05) is 27.3 Å². The molecule has 2 saturated heterocycles. The van der Waals surface area contributed by atoms with Gasteiger partial charge in [-0.3, -0.25) is 19.8 Å². The molecule has 2 aromatic heterocycles. The van der Waals surface area contributed by atoms with Crippen LogP contribution < -0.4 is 0 Å². The summed E-state index contributed by atoms with van der Waals surface area (Å²) >= 11 is 0. The molecule has 0 saturated carbocycles. The van der Waals surface area contributed by atoms with Crippen molar-refractivity contribution < 1.29 is 28.5 Å². The molecule has 0 radical (unpaired) electrons. The van der Waals surface area contributed by atoms with Crippen molar-refractivity contribution in [1.29, 1.82) is 0 Å². The minimum Gasteiger partial charge on any atom is -0.465 e. The van der Waals surface area contributed by atoms with Crippen LogP contribution in [0.4, 0.5) is 0 Å². The molecule has 0 N–H and O–H groups in total. The average Bonchev–Trinajstić information content (AvgIpc) is 3.34. The Bertz CT molecular complexity index is 2130. The fourth-order valence-corrected chi connectivity index (χ4v) is 8.57. The van der Waals surface area contributed by atoms with Gasteiger partial charge in [-0.25, -0.2) is 9.59 Å². The zero-order valence-electron chi connectivity index (χ0n) is 36.4. The van der Waals surface area contributed by atoms with Crippen LogP contribution in [0.3, 0.4) is 0 Å². The second-order valence-corrected chi connectivity index (χ2v) is 15.7. The maximum atomic E-state index is 11.9. The van der Waals surface area contributed by atoms with Gasteiger partial charge >= 0.3 is 11.9 Å². The molecule has 64 heavy (non-hydrogen) atoms. The third kappa shape index (κ3) is 13.8. The number of methoxy groups -OCH3 is 2. The average molecular weight is 906 g/mol. The number of esters is 2. The van der Waals surface area contributed by atoms with E-state index in [2.05, 4.69) is 92.6 Å². The van der Waals surface area contributed by atoms with Crippen molar-refractivity contribution in [3.8, 4) is 0 Å². The summed E-state index contributed by atoms with van der Waals surface area (Å²) in [6, 6.07) is 44.8. The zero-order chi connectivity index (χ0) is 42.9. The topological polar surface area (TPSA) is 103 Å². The van der Waals surface area contributed by atoms with E-state index in [-0.39, 0.29) is 61.0 Å². The Balaban J connectivity index is 0.000000234. The van der Waals surface area contributed by atoms with E-state index >= 15 is 0 Å². The van der Waals surface area contributed by atoms with Crippen LogP contribution in [0.5, 0.6) is 0 Å². The number of halogens is 2. The van der Waals surface area contributed by atoms with Crippen LogP contribution in [0.15, 0.2) is 158 Å². The van der Waals surface area contributed by atoms with E-state index in [4.69, 9.17) is 18.9 Å². The van der Waals surface area contributed by atoms with Crippen LogP contribution in [-0.2, 0) is 45.3 Å². The van der Waals surface area contributed by atoms with E-state index in [9.17, 15) is 9.59 Å². The Hall–Kier alpha value is -5.46. The molecule has 4 heterocycles. The number of carbonyl (C=O) groups is 2. The molecule has 336 valence electrons. The lowest BCUT2D eigenvalue weighted by atomic mass is 9.91. The van der Waals surface area contributed by atoms with Gasteiger partial charge in [0.1, 0.15) is 0 Å². The second kappa shape index (κ2) is 25.7. The number of rotatable bonds is 14. The summed E-state index contributed by atoms with van der Waals surface area (Å²) in [6.07, 6.45) is 11.7. The first kappa shape index (κ1) is 49.6. The lowest BCUT2D eigenvalue weighted by molar-refractivity contribution is -0.0554. The van der Waals surface area contributed by atoms with Gasteiger partial charge in [-0.15, -0.1) is 24.8 Å². The van der Waals surface area contributed by atoms with Gasteiger partial charge in [0.25, 0.3) is 0 Å². The molecule has 0 aliphatic carbocycles. The molecule has 0 spiro atoms. The van der Waals surface area contributed by atoms with E-state index in [1.807, 2.05) is 73.3 Å². The Morgan fingerprint density at radius 1 is 0.516 bits per heavy atom. The maximum Gasteiger partial charge on any atom is 0.337 e. The van der Waals surface area contributed by atoms with Crippen molar-refractivity contribution in [3.63, 3.8) is 0 Å². The van der Waals surface area contributed by atoms with Crippen LogP contribution in [-0.4, -0.2) is 71.2 Å². The van der Waals surface area contributed by atoms with Crippen LogP contribution in [0.25, 0.3) is 0 Å². The summed E-state index contributed by atoms with van der Waals surface area (Å²) < 4.78 is 22.6. The number of aromatic nitrogens is 2. The second-order valence-electron chi connectivity index (χ2n) is 15.7. The van der Waals surface area contributed by atoms with Crippen LogP contribution in [0, 0.1) is 0 Å². The number of pyridine rings is 2. The highest BCUT2D eigenvalue weighted by atomic mass is 35.5. The first-order valence-corrected chi connectivity index (χ1v) is 21.4. The van der Waals surface area contributed by atoms with Gasteiger partial charge in [-0.1, -0.05) is 84.9 Å². The van der Waals surface area contributed by atoms with Gasteiger partial charge in [-0.05, 0) is 121 Å². The van der Waals surface area contributed by atoms with E-state index < -0.39 is 0 Å². The summed E-state index contributed by atoms with van der Waals surface area (Å²) in [4.78, 5) is 37.0. The minimum atomic E-state index is -0.329. The highest BCUT2D eigenvalue weighted by molar-refractivity contribution is 5.90. The van der Waals surface area contributed by atoms with Gasteiger partial charge < -0.3 is 18.9 Å². The molecule has 2 aliphatic rings. The van der Waals surface area contributed by atoms with E-state index in [1.165, 1.54) is 36.5 Å². The normalized spacial score (nSPS) is 18.5. The zero-order valence-corrected chi connectivity index (χ0v) is 38.1. The highest BCUT2D eigenvalue weighted by Gasteiger charge is 2.35. The molecule has 12 heteroatoms. The van der Waals surface area contributed by atoms with Gasteiger partial charge in [0, 0.05) is 37.9 Å². The standard InChI is InChI=1S/2C26H28N2O3.2ClH/c2*1-30-26(29)23-10-5-7-21(17-23)19-31-24-11-6-16-28(18-20-12-14-27-15-13-20)25(24)22-8-3-2-4-9-22;;/h2*2-5,7-10,12-15,17,24-25H,6,11,16,18-19H2,1H3;2*1H/t2*24-,25-;;/m11../s1. The molecule has 2 fully saturated rings. The number of hydrogen-bond donors (Lipinski definition) is 0. The Morgan fingerprint density at radius 3 is 1.28 bits per heavy atom. The molecule has 6 aromatic rings. The Kier molecular flexibility index (Phi) is 19.9. The quantitative estimate of drug-likeness (QED) is 0.0982. The fourth-order valence-electron chi connectivity index (χ4n) is 8.57. The van der Waals surface area contributed by atoms with E-state index in [0.29, 0.717) is 24.3 Å². The van der Waals surface area contributed by atoms with Gasteiger partial charge in [-0.2, -0.15) is 0 Å². The predicted molar refractivity (Wildman–Crippen MR) is 253 cm³/mol. The number of ether oxygens (including phenoxy) is 4. The van der Waals surface area contributed by atoms with E-state index in [1.54, 1.807) is 12.1 Å². The lowest BCUT2D eigenvalue weighted by Crippen LogP contribution is -2.42. The van der Waals surface area contributed by atoms with Gasteiger partial charge in [0.15, 0.2) is 0 Å². The predicted octanol–water partition coefficient (Wildman–Crippen LogP) is 10.4. The highest BCUT2D eigenvalue weighted by Crippen LogP contribution is 2.36. The summed E-state index contributed by atoms with van der Waals surface area (Å²) in [7, 11) is 2.80. The number of hydrogen-bond acceptors (Lipinski definition) is 10. The number of likely N-dealkylation sites (tertiary alicyclic amines) is 2. The molecule has 0 unspecified atom stereocenters. The summed E-state index contributed by atoms with van der Waals surface area (Å²) in [5.41, 5.74) is 8.08. The molecule has 10 nitrogen and oxygen atoms in total. The number of piperidine rings is 2. The van der Waals surface area contributed by atoms with Crippen LogP contribution in [0.1, 0.15) is 91.9 Å². The third-order valence-corrected chi connectivity index (χ3v) is 11.5. The molecule has 4 aromatic carbocycles. The monoisotopic (exact) mass is 904 g/mol. The van der Waals surface area contributed by atoms with Crippen LogP contribution >= 0.6 is 24.8 Å². The largest absolute Gasteiger partial charge is 0.465 e. The summed E-state index contributed by atoms with van der Waals surface area (Å²) in [6.45, 7) is 4.70. The molecule has 0 bridgehead atoms. The number of nitrogens with zero attached hydrogens (tertiary/aromatic N) is 4. The van der Waals surface area contributed by atoms with E-state index in [0.717, 1.165) is 63.0 Å². The first-order chi connectivity index (χ1) is 30.5. The Morgan fingerprint density at radius 2 is 0.906 bits per heavy atom. The van der Waals surface area contributed by atoms with Crippen molar-refractivity contribution in [3.05, 3.63) is 203 Å². The van der Waals surface area contributed by atoms with Crippen molar-refractivity contribution >= 4 is 36.8 Å². The van der Waals surface area contributed by atoms with Crippen molar-refractivity contribution in [2.24, 2.45) is 0 Å². The summed E-state index contributed by atoms with van der Waals surface area (Å²) in [5.74, 6) is -0.657. The molecular weight excluding hydrogens is 847 g/mol. The molecule has 8 rings (SSSR count). The smallest absolute Gasteiger partial charge is 0.337 e. The fraction of sp³-hybridized carbons (Fsp3) is 0.308. The molecule has 0 amide bonds. The molecule has 2 aliphatic heterocycles. The van der Waals surface area contributed by atoms with Gasteiger partial charge in [0.05, 0.1) is 62.9 Å². The summed E-state index contributed by atoms with van der Waals surface area (Å²) in [5, 5.41) is 0. The molecule has 4 atom stereocenters. The van der Waals surface area contributed by atoms with Crippen molar-refractivity contribution in [2.45, 2.75) is 76.3 Å². The van der Waals surface area contributed by atoms with Gasteiger partial charge in [0.2, 0.25) is 0 Å². The van der Waals surface area contributed by atoms with Crippen LogP contribution in [0.2, 0.25) is 0 Å². The number of benzene rings is 4. The lowest BCUT2D eigenvalue weighted by Gasteiger charge is -2.41. The molecular formula is C52H58Cl2N4O6. The van der Waals surface area contributed by atoms with Crippen molar-refractivity contribution in [1.82, 2.24) is 19.8 Å². The first-order valence-electron chi connectivity index (χ1n) is 21.4. The number of carbonyl (C=O) groups excluding carboxylic acids is 2. The maximum absolute atomic E-state index is 11.9. The SMILES string of the molecule is COC(=O)c1cccc(CO[C@@H]2CCCN(Cc3ccncc3)[C@@H]2c2ccccc2)c1.COC(=O)c1cccc(CO[C@@H]2CCCN(Cc3ccncc3)[C@@H]2c2ccccc2)c1.Cl.Cl. The Labute approximate surface area is 389 Å².